The van der Waals surface area contributed by atoms with Gasteiger partial charge in [0, 0.05) is 10.5 Å². The topological polar surface area (TPSA) is 55.1 Å². The van der Waals surface area contributed by atoms with Crippen LogP contribution in [0.2, 0.25) is 0 Å². The second-order valence-corrected chi connectivity index (χ2v) is 6.97. The predicted molar refractivity (Wildman–Crippen MR) is 83.3 cm³/mol. The summed E-state index contributed by atoms with van der Waals surface area (Å²) in [4.78, 5) is 12.2. The van der Waals surface area contributed by atoms with Gasteiger partial charge in [0.25, 0.3) is 0 Å². The number of nitrogens with two attached hydrogens (primary N) is 1. The average Bonchev–Trinajstić information content (AvgIpc) is 2.79. The predicted octanol–water partition coefficient (Wildman–Crippen LogP) is 3.00. The zero-order valence-corrected chi connectivity index (χ0v) is 13.2. The highest BCUT2D eigenvalue weighted by Gasteiger charge is 2.45. The van der Waals surface area contributed by atoms with Gasteiger partial charge in [0.15, 0.2) is 0 Å². The number of benzene rings is 1. The van der Waals surface area contributed by atoms with Gasteiger partial charge in [-0.05, 0) is 48.9 Å². The molecule has 0 spiro atoms. The van der Waals surface area contributed by atoms with E-state index < -0.39 is 5.54 Å². The van der Waals surface area contributed by atoms with E-state index in [1.54, 1.807) is 0 Å². The zero-order valence-electron chi connectivity index (χ0n) is 11.6. The molecule has 108 valence electrons. The number of rotatable bonds is 3. The van der Waals surface area contributed by atoms with E-state index in [9.17, 15) is 4.79 Å². The normalized spacial score (nSPS) is 26.4. The first-order chi connectivity index (χ1) is 9.62. The van der Waals surface area contributed by atoms with Crippen molar-refractivity contribution in [2.45, 2.75) is 56.5 Å². The second kappa shape index (κ2) is 5.49. The molecule has 0 aromatic heterocycles. The molecule has 1 amide bonds. The molecule has 20 heavy (non-hydrogen) atoms. The molecule has 3 N–H and O–H groups in total. The van der Waals surface area contributed by atoms with Crippen molar-refractivity contribution in [2.24, 2.45) is 5.73 Å². The lowest BCUT2D eigenvalue weighted by atomic mass is 9.86. The number of nitrogens with one attached hydrogen (secondary N) is 1. The van der Waals surface area contributed by atoms with E-state index in [1.165, 1.54) is 24.8 Å². The second-order valence-electron chi connectivity index (χ2n) is 6.05. The van der Waals surface area contributed by atoms with Gasteiger partial charge in [-0.1, -0.05) is 41.3 Å². The molecule has 2 aliphatic rings. The highest BCUT2D eigenvalue weighted by atomic mass is 79.9. The third-order valence-corrected chi connectivity index (χ3v) is 5.27. The molecule has 1 aromatic rings. The van der Waals surface area contributed by atoms with Crippen molar-refractivity contribution in [3.05, 3.63) is 33.8 Å². The summed E-state index contributed by atoms with van der Waals surface area (Å²) in [5, 5.41) is 3.62. The fraction of sp³-hybridized carbons (Fsp3) is 0.562. The zero-order chi connectivity index (χ0) is 14.2. The molecule has 3 rings (SSSR count). The fourth-order valence-corrected chi connectivity index (χ4v) is 4.12. The third-order valence-electron chi connectivity index (χ3n) is 4.77. The van der Waals surface area contributed by atoms with Gasteiger partial charge in [0.2, 0.25) is 5.91 Å². The van der Waals surface area contributed by atoms with E-state index >= 15 is 0 Å². The van der Waals surface area contributed by atoms with Gasteiger partial charge >= 0.3 is 0 Å². The van der Waals surface area contributed by atoms with Gasteiger partial charge in [-0.15, -0.1) is 0 Å². The Bertz CT molecular complexity index is 525. The molecule has 1 saturated carbocycles. The van der Waals surface area contributed by atoms with Crippen LogP contribution in [0.25, 0.3) is 0 Å². The van der Waals surface area contributed by atoms with Gasteiger partial charge in [0.1, 0.15) is 5.54 Å². The van der Waals surface area contributed by atoms with Gasteiger partial charge in [-0.2, -0.15) is 0 Å². The van der Waals surface area contributed by atoms with Crippen LogP contribution in [0, 0.1) is 0 Å². The SMILES string of the molecule is NC(=O)C1(NC2CCCCC2)CCc2cc(Br)ccc21. The number of hydrogen-bond donors (Lipinski definition) is 2. The molecule has 4 heteroatoms. The van der Waals surface area contributed by atoms with Crippen molar-refractivity contribution in [3.8, 4) is 0 Å². The van der Waals surface area contributed by atoms with Gasteiger partial charge < -0.3 is 5.73 Å². The van der Waals surface area contributed by atoms with E-state index in [2.05, 4.69) is 27.3 Å². The molecule has 0 bridgehead atoms. The maximum Gasteiger partial charge on any atom is 0.242 e. The Balaban J connectivity index is 1.92. The first-order valence-electron chi connectivity index (χ1n) is 7.48. The summed E-state index contributed by atoms with van der Waals surface area (Å²) in [6.07, 6.45) is 7.81. The minimum atomic E-state index is -0.655. The monoisotopic (exact) mass is 336 g/mol. The Hall–Kier alpha value is -0.870. The lowest BCUT2D eigenvalue weighted by Gasteiger charge is -2.35. The van der Waals surface area contributed by atoms with E-state index in [0.717, 1.165) is 35.7 Å². The number of carbonyl (C=O) groups is 1. The number of halogens is 1. The van der Waals surface area contributed by atoms with E-state index in [0.29, 0.717) is 6.04 Å². The smallest absolute Gasteiger partial charge is 0.242 e. The van der Waals surface area contributed by atoms with Crippen LogP contribution in [-0.2, 0) is 16.8 Å². The van der Waals surface area contributed by atoms with Crippen molar-refractivity contribution >= 4 is 21.8 Å². The van der Waals surface area contributed by atoms with Gasteiger partial charge in [0.05, 0.1) is 0 Å². The Labute approximate surface area is 128 Å². The van der Waals surface area contributed by atoms with Gasteiger partial charge in [-0.3, -0.25) is 10.1 Å². The molecule has 0 radical (unpaired) electrons. The fourth-order valence-electron chi connectivity index (χ4n) is 3.71. The molecule has 1 atom stereocenters. The minimum Gasteiger partial charge on any atom is -0.368 e. The lowest BCUT2D eigenvalue weighted by Crippen LogP contribution is -2.55. The Morgan fingerprint density at radius 2 is 2.05 bits per heavy atom. The van der Waals surface area contributed by atoms with Crippen LogP contribution >= 0.6 is 15.9 Å². The van der Waals surface area contributed by atoms with Crippen molar-refractivity contribution in [2.75, 3.05) is 0 Å². The number of amides is 1. The van der Waals surface area contributed by atoms with Crippen LogP contribution in [0.1, 0.15) is 49.7 Å². The largest absolute Gasteiger partial charge is 0.368 e. The maximum atomic E-state index is 12.2. The molecule has 0 saturated heterocycles. The van der Waals surface area contributed by atoms with Crippen molar-refractivity contribution in [1.82, 2.24) is 5.32 Å². The standard InChI is InChI=1S/C16H21BrN2O/c17-12-6-7-14-11(10-12)8-9-16(14,15(18)20)19-13-4-2-1-3-5-13/h6-7,10,13,19H,1-5,8-9H2,(H2,18,20). The summed E-state index contributed by atoms with van der Waals surface area (Å²) < 4.78 is 1.06. The lowest BCUT2D eigenvalue weighted by molar-refractivity contribution is -0.125. The minimum absolute atomic E-state index is 0.232. The van der Waals surface area contributed by atoms with Crippen LogP contribution < -0.4 is 11.1 Å². The van der Waals surface area contributed by atoms with Crippen molar-refractivity contribution in [1.29, 1.82) is 0 Å². The summed E-state index contributed by atoms with van der Waals surface area (Å²) in [7, 11) is 0. The van der Waals surface area contributed by atoms with Gasteiger partial charge in [-0.25, -0.2) is 0 Å². The highest BCUT2D eigenvalue weighted by molar-refractivity contribution is 9.10. The Morgan fingerprint density at radius 1 is 1.30 bits per heavy atom. The number of carbonyl (C=O) groups excluding carboxylic acids is 1. The van der Waals surface area contributed by atoms with E-state index in [1.807, 2.05) is 12.1 Å². The van der Waals surface area contributed by atoms with E-state index in [4.69, 9.17) is 5.73 Å². The van der Waals surface area contributed by atoms with E-state index in [-0.39, 0.29) is 5.91 Å². The van der Waals surface area contributed by atoms with Crippen LogP contribution in [0.5, 0.6) is 0 Å². The summed E-state index contributed by atoms with van der Waals surface area (Å²) in [5.41, 5.74) is 7.45. The summed E-state index contributed by atoms with van der Waals surface area (Å²) >= 11 is 3.50. The first-order valence-corrected chi connectivity index (χ1v) is 8.28. The Morgan fingerprint density at radius 3 is 2.75 bits per heavy atom. The number of primary amides is 1. The van der Waals surface area contributed by atoms with Crippen LogP contribution in [0.4, 0.5) is 0 Å². The summed E-state index contributed by atoms with van der Waals surface area (Å²) in [6, 6.07) is 6.59. The van der Waals surface area contributed by atoms with Crippen LogP contribution in [-0.4, -0.2) is 11.9 Å². The molecular formula is C16H21BrN2O. The maximum absolute atomic E-state index is 12.2. The molecular weight excluding hydrogens is 316 g/mol. The Kier molecular flexibility index (Phi) is 3.87. The molecule has 1 aromatic carbocycles. The quantitative estimate of drug-likeness (QED) is 0.891. The number of fused-ring (bicyclic) bond motifs is 1. The molecule has 0 heterocycles. The number of hydrogen-bond acceptors (Lipinski definition) is 2. The summed E-state index contributed by atoms with van der Waals surface area (Å²) in [5.74, 6) is -0.232. The molecule has 2 aliphatic carbocycles. The summed E-state index contributed by atoms with van der Waals surface area (Å²) in [6.45, 7) is 0. The highest BCUT2D eigenvalue weighted by Crippen LogP contribution is 2.39. The van der Waals surface area contributed by atoms with Crippen LogP contribution in [0.15, 0.2) is 22.7 Å². The average molecular weight is 337 g/mol. The molecule has 0 aliphatic heterocycles. The first kappa shape index (κ1) is 14.1. The van der Waals surface area contributed by atoms with Crippen molar-refractivity contribution in [3.63, 3.8) is 0 Å². The molecule has 1 unspecified atom stereocenters. The third kappa shape index (κ3) is 2.40. The number of aryl methyl sites for hydroxylation is 1. The molecule has 1 fully saturated rings. The van der Waals surface area contributed by atoms with Crippen LogP contribution in [0.3, 0.4) is 0 Å². The van der Waals surface area contributed by atoms with Crippen molar-refractivity contribution < 1.29 is 4.79 Å². The molecule has 3 nitrogen and oxygen atoms in total.